The van der Waals surface area contributed by atoms with Gasteiger partial charge in [0, 0.05) is 19.0 Å². The number of nitrogens with one attached hydrogen (secondary N) is 1. The van der Waals surface area contributed by atoms with Gasteiger partial charge in [0.25, 0.3) is 0 Å². The summed E-state index contributed by atoms with van der Waals surface area (Å²) in [5, 5.41) is 14.1. The lowest BCUT2D eigenvalue weighted by Crippen LogP contribution is -2.33. The summed E-state index contributed by atoms with van der Waals surface area (Å²) in [6, 6.07) is 0. The second-order valence-electron chi connectivity index (χ2n) is 2.80. The molecule has 0 aromatic heterocycles. The fraction of sp³-hybridized carbons (Fsp3) is 0.714. The van der Waals surface area contributed by atoms with E-state index in [2.05, 4.69) is 15.2 Å². The molecule has 1 atom stereocenters. The Morgan fingerprint density at radius 1 is 1.64 bits per heavy atom. The lowest BCUT2D eigenvalue weighted by molar-refractivity contribution is 0.157. The number of primary amides is 1. The van der Waals surface area contributed by atoms with Crippen LogP contribution in [0.15, 0.2) is 5.16 Å². The summed E-state index contributed by atoms with van der Waals surface area (Å²) in [5.74, 6) is 0.0851. The van der Waals surface area contributed by atoms with Crippen molar-refractivity contribution >= 4 is 11.9 Å². The SMILES string of the molecule is CC(CNCCOC(N)=O)C(N)=NO. The van der Waals surface area contributed by atoms with Crippen LogP contribution < -0.4 is 16.8 Å². The molecule has 82 valence electrons. The van der Waals surface area contributed by atoms with Gasteiger partial charge in [-0.3, -0.25) is 0 Å². The molecule has 6 N–H and O–H groups in total. The molecule has 14 heavy (non-hydrogen) atoms. The summed E-state index contributed by atoms with van der Waals surface area (Å²) in [5.41, 5.74) is 10.1. The van der Waals surface area contributed by atoms with Crippen molar-refractivity contribution in [3.8, 4) is 0 Å². The quantitative estimate of drug-likeness (QED) is 0.146. The first-order chi connectivity index (χ1) is 6.57. The predicted octanol–water partition coefficient (Wildman–Crippen LogP) is -0.946. The molecule has 0 radical (unpaired) electrons. The van der Waals surface area contributed by atoms with Gasteiger partial charge in [0.1, 0.15) is 12.4 Å². The van der Waals surface area contributed by atoms with Crippen molar-refractivity contribution in [2.75, 3.05) is 19.7 Å². The lowest BCUT2D eigenvalue weighted by atomic mass is 10.1. The maximum absolute atomic E-state index is 10.2. The number of ether oxygens (including phenoxy) is 1. The monoisotopic (exact) mass is 204 g/mol. The molecule has 0 spiro atoms. The molecule has 0 aliphatic carbocycles. The Hall–Kier alpha value is -1.50. The first-order valence-electron chi connectivity index (χ1n) is 4.18. The van der Waals surface area contributed by atoms with E-state index in [1.165, 1.54) is 0 Å². The Balaban J connectivity index is 3.41. The number of hydrogen-bond acceptors (Lipinski definition) is 5. The van der Waals surface area contributed by atoms with Crippen molar-refractivity contribution in [2.45, 2.75) is 6.92 Å². The zero-order valence-electron chi connectivity index (χ0n) is 8.06. The molecular weight excluding hydrogens is 188 g/mol. The highest BCUT2D eigenvalue weighted by Crippen LogP contribution is 1.91. The van der Waals surface area contributed by atoms with Crippen molar-refractivity contribution in [3.05, 3.63) is 0 Å². The van der Waals surface area contributed by atoms with Crippen LogP contribution >= 0.6 is 0 Å². The van der Waals surface area contributed by atoms with E-state index in [4.69, 9.17) is 16.7 Å². The Kier molecular flexibility index (Phi) is 6.21. The van der Waals surface area contributed by atoms with Gasteiger partial charge in [-0.05, 0) is 0 Å². The van der Waals surface area contributed by atoms with Crippen LogP contribution in [0.3, 0.4) is 0 Å². The highest BCUT2D eigenvalue weighted by molar-refractivity contribution is 5.82. The molecule has 0 rings (SSSR count). The molecule has 0 saturated carbocycles. The first-order valence-corrected chi connectivity index (χ1v) is 4.18. The topological polar surface area (TPSA) is 123 Å². The number of nitrogens with zero attached hydrogens (tertiary/aromatic N) is 1. The Morgan fingerprint density at radius 2 is 2.29 bits per heavy atom. The number of amides is 1. The van der Waals surface area contributed by atoms with Crippen molar-refractivity contribution in [1.29, 1.82) is 0 Å². The van der Waals surface area contributed by atoms with Gasteiger partial charge < -0.3 is 26.7 Å². The molecule has 1 unspecified atom stereocenters. The zero-order valence-corrected chi connectivity index (χ0v) is 8.06. The average Bonchev–Trinajstić information content (AvgIpc) is 2.15. The highest BCUT2D eigenvalue weighted by Gasteiger charge is 2.06. The van der Waals surface area contributed by atoms with Crippen LogP contribution in [0.1, 0.15) is 6.92 Å². The van der Waals surface area contributed by atoms with Crippen molar-refractivity contribution in [2.24, 2.45) is 22.5 Å². The summed E-state index contributed by atoms with van der Waals surface area (Å²) >= 11 is 0. The van der Waals surface area contributed by atoms with Gasteiger partial charge in [0.15, 0.2) is 0 Å². The smallest absolute Gasteiger partial charge is 0.404 e. The van der Waals surface area contributed by atoms with E-state index in [9.17, 15) is 4.79 Å². The molecule has 0 aliphatic heterocycles. The molecule has 0 aromatic carbocycles. The van der Waals surface area contributed by atoms with Crippen LogP contribution in [0.4, 0.5) is 4.79 Å². The van der Waals surface area contributed by atoms with Crippen LogP contribution in [-0.2, 0) is 4.74 Å². The molecular formula is C7H16N4O3. The maximum atomic E-state index is 10.2. The summed E-state index contributed by atoms with van der Waals surface area (Å²) in [6.45, 7) is 3.03. The van der Waals surface area contributed by atoms with E-state index in [1.54, 1.807) is 6.92 Å². The first kappa shape index (κ1) is 12.5. The minimum atomic E-state index is -0.795. The van der Waals surface area contributed by atoms with Crippen LogP contribution in [-0.4, -0.2) is 36.8 Å². The summed E-state index contributed by atoms with van der Waals surface area (Å²) < 4.78 is 4.48. The Bertz CT molecular complexity index is 207. The number of nitrogens with two attached hydrogens (primary N) is 2. The maximum Gasteiger partial charge on any atom is 0.404 e. The zero-order chi connectivity index (χ0) is 11.0. The van der Waals surface area contributed by atoms with E-state index in [0.717, 1.165) is 0 Å². The number of rotatable bonds is 6. The third kappa shape index (κ3) is 6.06. The Labute approximate surface area is 82.1 Å². The van der Waals surface area contributed by atoms with Gasteiger partial charge in [-0.25, -0.2) is 4.79 Å². The summed E-state index contributed by atoms with van der Waals surface area (Å²) in [6.07, 6.45) is -0.795. The van der Waals surface area contributed by atoms with E-state index < -0.39 is 6.09 Å². The average molecular weight is 204 g/mol. The third-order valence-corrected chi connectivity index (χ3v) is 1.59. The van der Waals surface area contributed by atoms with E-state index in [1.807, 2.05) is 0 Å². The largest absolute Gasteiger partial charge is 0.448 e. The van der Waals surface area contributed by atoms with Crippen LogP contribution in [0, 0.1) is 5.92 Å². The van der Waals surface area contributed by atoms with Gasteiger partial charge in [0.05, 0.1) is 0 Å². The van der Waals surface area contributed by atoms with Gasteiger partial charge in [-0.1, -0.05) is 12.1 Å². The van der Waals surface area contributed by atoms with Crippen molar-refractivity contribution < 1.29 is 14.7 Å². The molecule has 0 aromatic rings. The van der Waals surface area contributed by atoms with Crippen molar-refractivity contribution in [1.82, 2.24) is 5.32 Å². The van der Waals surface area contributed by atoms with E-state index >= 15 is 0 Å². The number of hydrogen-bond donors (Lipinski definition) is 4. The van der Waals surface area contributed by atoms with E-state index in [-0.39, 0.29) is 18.4 Å². The minimum Gasteiger partial charge on any atom is -0.448 e. The number of amidine groups is 1. The van der Waals surface area contributed by atoms with Gasteiger partial charge in [0.2, 0.25) is 0 Å². The molecule has 7 heteroatoms. The molecule has 0 saturated heterocycles. The second-order valence-corrected chi connectivity index (χ2v) is 2.80. The third-order valence-electron chi connectivity index (χ3n) is 1.59. The van der Waals surface area contributed by atoms with Crippen LogP contribution in [0.2, 0.25) is 0 Å². The fourth-order valence-electron chi connectivity index (χ4n) is 0.745. The lowest BCUT2D eigenvalue weighted by Gasteiger charge is -2.10. The normalized spacial score (nSPS) is 13.6. The van der Waals surface area contributed by atoms with Gasteiger partial charge in [-0.2, -0.15) is 0 Å². The molecule has 0 fully saturated rings. The molecule has 0 heterocycles. The summed E-state index contributed by atoms with van der Waals surface area (Å²) in [7, 11) is 0. The number of oxime groups is 1. The highest BCUT2D eigenvalue weighted by atomic mass is 16.5. The van der Waals surface area contributed by atoms with Crippen LogP contribution in [0.25, 0.3) is 0 Å². The number of carbonyl (C=O) groups is 1. The second kappa shape index (κ2) is 6.96. The van der Waals surface area contributed by atoms with Crippen LogP contribution in [0.5, 0.6) is 0 Å². The minimum absolute atomic E-state index is 0.0754. The molecule has 0 aliphatic rings. The van der Waals surface area contributed by atoms with Gasteiger partial charge >= 0.3 is 6.09 Å². The Morgan fingerprint density at radius 3 is 2.79 bits per heavy atom. The van der Waals surface area contributed by atoms with Gasteiger partial charge in [-0.15, -0.1) is 0 Å². The summed E-state index contributed by atoms with van der Waals surface area (Å²) in [4.78, 5) is 10.2. The molecule has 7 nitrogen and oxygen atoms in total. The van der Waals surface area contributed by atoms with E-state index in [0.29, 0.717) is 13.1 Å². The predicted molar refractivity (Wildman–Crippen MR) is 51.0 cm³/mol. The fourth-order valence-corrected chi connectivity index (χ4v) is 0.745. The van der Waals surface area contributed by atoms with Crippen molar-refractivity contribution in [3.63, 3.8) is 0 Å². The molecule has 0 bridgehead atoms. The standard InChI is InChI=1S/C7H16N4O3/c1-5(6(8)11-13)4-10-2-3-14-7(9)12/h5,10,13H,2-4H2,1H3,(H2,8,11)(H2,9,12). The molecule has 1 amide bonds. The number of carbonyl (C=O) groups excluding carboxylic acids is 1.